The Balaban J connectivity index is 2.10. The Kier molecular flexibility index (Phi) is 2.24. The number of halogens is 1. The molecule has 16 heavy (non-hydrogen) atoms. The van der Waals surface area contributed by atoms with E-state index in [0.29, 0.717) is 0 Å². The summed E-state index contributed by atoms with van der Waals surface area (Å²) in [7, 11) is 0. The maximum atomic E-state index is 6.11. The maximum absolute atomic E-state index is 6.11. The first-order valence-electron chi connectivity index (χ1n) is 5.38. The van der Waals surface area contributed by atoms with Crippen molar-refractivity contribution in [1.82, 2.24) is 9.78 Å². The topological polar surface area (TPSA) is 43.8 Å². The van der Waals surface area contributed by atoms with Crippen molar-refractivity contribution in [3.05, 3.63) is 40.0 Å². The lowest BCUT2D eigenvalue weighted by atomic mass is 10.2. The van der Waals surface area contributed by atoms with Gasteiger partial charge >= 0.3 is 0 Å². The van der Waals surface area contributed by atoms with E-state index < -0.39 is 0 Å². The molecule has 0 fully saturated rings. The number of nitrogen functional groups attached to an aromatic ring is 1. The van der Waals surface area contributed by atoms with E-state index in [9.17, 15) is 0 Å². The van der Waals surface area contributed by atoms with Gasteiger partial charge in [-0.25, -0.2) is 4.68 Å². The molecule has 0 saturated heterocycles. The van der Waals surface area contributed by atoms with Gasteiger partial charge in [0.25, 0.3) is 0 Å². The normalized spacial score (nSPS) is 14.1. The molecule has 1 heterocycles. The average Bonchev–Trinajstić information content (AvgIpc) is 2.84. The van der Waals surface area contributed by atoms with Gasteiger partial charge in [0.1, 0.15) is 5.82 Å². The molecule has 2 N–H and O–H groups in total. The van der Waals surface area contributed by atoms with E-state index in [1.54, 1.807) is 0 Å². The van der Waals surface area contributed by atoms with Crippen LogP contribution in [-0.2, 0) is 12.8 Å². The summed E-state index contributed by atoms with van der Waals surface area (Å²) in [6.07, 6.45) is 3.31. The van der Waals surface area contributed by atoms with Crippen LogP contribution in [0.4, 0.5) is 5.82 Å². The SMILES string of the molecule is Nc1c2c(nn1-c1ccc(Br)cc1)CCC2. The van der Waals surface area contributed by atoms with Crippen molar-refractivity contribution in [2.45, 2.75) is 19.3 Å². The highest BCUT2D eigenvalue weighted by Gasteiger charge is 2.20. The van der Waals surface area contributed by atoms with Crippen molar-refractivity contribution in [3.63, 3.8) is 0 Å². The van der Waals surface area contributed by atoms with Gasteiger partial charge < -0.3 is 5.73 Å². The van der Waals surface area contributed by atoms with E-state index in [4.69, 9.17) is 5.73 Å². The summed E-state index contributed by atoms with van der Waals surface area (Å²) in [5.74, 6) is 0.801. The van der Waals surface area contributed by atoms with Gasteiger partial charge in [-0.15, -0.1) is 0 Å². The molecule has 82 valence electrons. The van der Waals surface area contributed by atoms with E-state index in [1.165, 1.54) is 17.7 Å². The minimum atomic E-state index is 0.801. The lowest BCUT2D eigenvalue weighted by Crippen LogP contribution is -2.03. The number of nitrogens with two attached hydrogens (primary N) is 1. The highest BCUT2D eigenvalue weighted by atomic mass is 79.9. The van der Waals surface area contributed by atoms with Gasteiger partial charge in [-0.05, 0) is 43.5 Å². The minimum Gasteiger partial charge on any atom is -0.383 e. The zero-order valence-corrected chi connectivity index (χ0v) is 10.4. The molecule has 0 amide bonds. The Bertz CT molecular complexity index is 528. The molecule has 0 saturated carbocycles. The van der Waals surface area contributed by atoms with Crippen molar-refractivity contribution in [2.75, 3.05) is 5.73 Å². The Morgan fingerprint density at radius 1 is 1.19 bits per heavy atom. The van der Waals surface area contributed by atoms with Gasteiger partial charge in [0.2, 0.25) is 0 Å². The summed E-state index contributed by atoms with van der Waals surface area (Å²) in [5.41, 5.74) is 9.54. The van der Waals surface area contributed by atoms with Crippen LogP contribution >= 0.6 is 15.9 Å². The number of aryl methyl sites for hydroxylation is 1. The van der Waals surface area contributed by atoms with Gasteiger partial charge in [0.15, 0.2) is 0 Å². The number of aromatic nitrogens is 2. The number of anilines is 1. The third-order valence-corrected chi connectivity index (χ3v) is 3.55. The van der Waals surface area contributed by atoms with E-state index >= 15 is 0 Å². The molecule has 0 unspecified atom stereocenters. The summed E-state index contributed by atoms with van der Waals surface area (Å²) in [4.78, 5) is 0. The molecule has 3 rings (SSSR count). The first-order valence-corrected chi connectivity index (χ1v) is 6.17. The molecule has 0 bridgehead atoms. The van der Waals surface area contributed by atoms with E-state index in [-0.39, 0.29) is 0 Å². The van der Waals surface area contributed by atoms with Gasteiger partial charge in [-0.3, -0.25) is 0 Å². The summed E-state index contributed by atoms with van der Waals surface area (Å²) in [6.45, 7) is 0. The Hall–Kier alpha value is -1.29. The van der Waals surface area contributed by atoms with Gasteiger partial charge in [-0.1, -0.05) is 15.9 Å². The molecule has 0 radical (unpaired) electrons. The molecule has 2 aromatic rings. The second-order valence-corrected chi connectivity index (χ2v) is 4.97. The quantitative estimate of drug-likeness (QED) is 0.871. The second-order valence-electron chi connectivity index (χ2n) is 4.05. The zero-order valence-electron chi connectivity index (χ0n) is 8.78. The van der Waals surface area contributed by atoms with E-state index in [0.717, 1.165) is 28.8 Å². The first kappa shape index (κ1) is 9.90. The largest absolute Gasteiger partial charge is 0.383 e. The number of fused-ring (bicyclic) bond motifs is 1. The molecule has 0 aliphatic heterocycles. The minimum absolute atomic E-state index is 0.801. The molecule has 1 aromatic carbocycles. The summed E-state index contributed by atoms with van der Waals surface area (Å²) >= 11 is 3.42. The van der Waals surface area contributed by atoms with Gasteiger partial charge in [-0.2, -0.15) is 5.10 Å². The standard InChI is InChI=1S/C12H12BrN3/c13-8-4-6-9(7-5-8)16-12(14)10-2-1-3-11(10)15-16/h4-7H,1-3,14H2. The molecule has 0 atom stereocenters. The number of rotatable bonds is 1. The molecule has 1 aliphatic rings. The molecule has 3 nitrogen and oxygen atoms in total. The number of hydrogen-bond acceptors (Lipinski definition) is 2. The van der Waals surface area contributed by atoms with Gasteiger partial charge in [0.05, 0.1) is 11.4 Å². The van der Waals surface area contributed by atoms with Crippen LogP contribution in [0.1, 0.15) is 17.7 Å². The van der Waals surface area contributed by atoms with Crippen LogP contribution in [-0.4, -0.2) is 9.78 Å². The number of hydrogen-bond donors (Lipinski definition) is 1. The highest BCUT2D eigenvalue weighted by molar-refractivity contribution is 9.10. The molecule has 1 aromatic heterocycles. The van der Waals surface area contributed by atoms with Crippen LogP contribution in [0.15, 0.2) is 28.7 Å². The zero-order chi connectivity index (χ0) is 11.1. The third-order valence-electron chi connectivity index (χ3n) is 3.02. The van der Waals surface area contributed by atoms with Crippen molar-refractivity contribution < 1.29 is 0 Å². The summed E-state index contributed by atoms with van der Waals surface area (Å²) in [6, 6.07) is 8.04. The highest BCUT2D eigenvalue weighted by Crippen LogP contribution is 2.28. The van der Waals surface area contributed by atoms with Crippen LogP contribution in [0.25, 0.3) is 5.69 Å². The molecule has 4 heteroatoms. The first-order chi connectivity index (χ1) is 7.75. The monoisotopic (exact) mass is 277 g/mol. The lowest BCUT2D eigenvalue weighted by molar-refractivity contribution is 0.808. The van der Waals surface area contributed by atoms with Crippen LogP contribution in [0.5, 0.6) is 0 Å². The number of benzene rings is 1. The van der Waals surface area contributed by atoms with Crippen molar-refractivity contribution in [2.24, 2.45) is 0 Å². The molecular weight excluding hydrogens is 266 g/mol. The molecular formula is C12H12BrN3. The average molecular weight is 278 g/mol. The molecule has 0 spiro atoms. The summed E-state index contributed by atoms with van der Waals surface area (Å²) < 4.78 is 2.91. The Morgan fingerprint density at radius 3 is 2.62 bits per heavy atom. The van der Waals surface area contributed by atoms with Crippen molar-refractivity contribution in [1.29, 1.82) is 0 Å². The van der Waals surface area contributed by atoms with E-state index in [1.807, 2.05) is 28.9 Å². The summed E-state index contributed by atoms with van der Waals surface area (Å²) in [5, 5.41) is 4.57. The Labute approximate surface area is 102 Å². The van der Waals surface area contributed by atoms with Crippen LogP contribution < -0.4 is 5.73 Å². The van der Waals surface area contributed by atoms with Crippen LogP contribution in [0.3, 0.4) is 0 Å². The van der Waals surface area contributed by atoms with Crippen molar-refractivity contribution in [3.8, 4) is 5.69 Å². The lowest BCUT2D eigenvalue weighted by Gasteiger charge is -2.05. The third kappa shape index (κ3) is 1.45. The Morgan fingerprint density at radius 2 is 1.94 bits per heavy atom. The number of nitrogens with zero attached hydrogens (tertiary/aromatic N) is 2. The predicted octanol–water partition coefficient (Wildman–Crippen LogP) is 2.71. The van der Waals surface area contributed by atoms with Crippen LogP contribution in [0, 0.1) is 0 Å². The van der Waals surface area contributed by atoms with Crippen LogP contribution in [0.2, 0.25) is 0 Å². The maximum Gasteiger partial charge on any atom is 0.130 e. The smallest absolute Gasteiger partial charge is 0.130 e. The molecule has 1 aliphatic carbocycles. The van der Waals surface area contributed by atoms with Gasteiger partial charge in [0, 0.05) is 10.0 Å². The fourth-order valence-corrected chi connectivity index (χ4v) is 2.46. The fourth-order valence-electron chi connectivity index (χ4n) is 2.20. The van der Waals surface area contributed by atoms with Crippen molar-refractivity contribution >= 4 is 21.7 Å². The predicted molar refractivity (Wildman–Crippen MR) is 67.7 cm³/mol. The fraction of sp³-hybridized carbons (Fsp3) is 0.250. The second kappa shape index (κ2) is 3.63. The van der Waals surface area contributed by atoms with E-state index in [2.05, 4.69) is 21.0 Å².